The van der Waals surface area contributed by atoms with Crippen LogP contribution in [0.1, 0.15) is 41.1 Å². The number of phenols is 1. The third-order valence-electron chi connectivity index (χ3n) is 4.84. The summed E-state index contributed by atoms with van der Waals surface area (Å²) >= 11 is 1.97. The van der Waals surface area contributed by atoms with Crippen LogP contribution in [0.2, 0.25) is 0 Å². The molecule has 1 aliphatic rings. The second-order valence-electron chi connectivity index (χ2n) is 7.05. The second kappa shape index (κ2) is 8.91. The number of alkyl halides is 6. The zero-order chi connectivity index (χ0) is 22.1. The summed E-state index contributed by atoms with van der Waals surface area (Å²) in [6, 6.07) is 6.19. The molecule has 2 N–H and O–H groups in total. The van der Waals surface area contributed by atoms with E-state index in [1.54, 1.807) is 12.1 Å². The molecule has 164 valence electrons. The molecule has 10 heteroatoms. The number of rotatable bonds is 4. The number of hydrogen-bond donors (Lipinski definition) is 2. The smallest absolute Gasteiger partial charge is 0.416 e. The van der Waals surface area contributed by atoms with Crippen LogP contribution in [0.25, 0.3) is 0 Å². The molecule has 0 radical (unpaired) electrons. The van der Waals surface area contributed by atoms with Gasteiger partial charge in [0.1, 0.15) is 5.75 Å². The zero-order valence-corrected chi connectivity index (χ0v) is 17.6. The van der Waals surface area contributed by atoms with Gasteiger partial charge in [-0.25, -0.2) is 0 Å². The quantitative estimate of drug-likeness (QED) is 0.365. The maximum absolute atomic E-state index is 13.0. The van der Waals surface area contributed by atoms with Crippen molar-refractivity contribution in [3.8, 4) is 5.75 Å². The molecular formula is C20H18F6INO2. The lowest BCUT2D eigenvalue weighted by molar-refractivity contribution is -0.143. The molecule has 0 unspecified atom stereocenters. The lowest BCUT2D eigenvalue weighted by Gasteiger charge is -2.33. The fourth-order valence-electron chi connectivity index (χ4n) is 3.39. The average molecular weight is 543 g/mol. The monoisotopic (exact) mass is 543 g/mol. The van der Waals surface area contributed by atoms with E-state index in [9.17, 15) is 31.4 Å². The molecule has 0 saturated carbocycles. The van der Waals surface area contributed by atoms with E-state index in [2.05, 4.69) is 5.32 Å². The summed E-state index contributed by atoms with van der Waals surface area (Å²) in [5.74, 6) is 0.122. The minimum absolute atomic E-state index is 0.104. The van der Waals surface area contributed by atoms with Crippen LogP contribution in [0.3, 0.4) is 0 Å². The largest absolute Gasteiger partial charge is 0.507 e. The summed E-state index contributed by atoms with van der Waals surface area (Å²) < 4.78 is 84.7. The van der Waals surface area contributed by atoms with Gasteiger partial charge in [-0.15, -0.1) is 0 Å². The van der Waals surface area contributed by atoms with Crippen molar-refractivity contribution in [1.29, 1.82) is 0 Å². The Kier molecular flexibility index (Phi) is 6.87. The van der Waals surface area contributed by atoms with Crippen LogP contribution in [-0.2, 0) is 23.7 Å². The Bertz CT molecular complexity index is 868. The Labute approximate surface area is 182 Å². The fraction of sp³-hybridized carbons (Fsp3) is 0.400. The summed E-state index contributed by atoms with van der Waals surface area (Å²) in [6.07, 6.45) is -8.88. The van der Waals surface area contributed by atoms with Crippen LogP contribution in [0.4, 0.5) is 26.3 Å². The van der Waals surface area contributed by atoms with Crippen LogP contribution in [-0.4, -0.2) is 17.8 Å². The van der Waals surface area contributed by atoms with Gasteiger partial charge in [0, 0.05) is 0 Å². The number of ether oxygens (including phenoxy) is 1. The van der Waals surface area contributed by atoms with E-state index >= 15 is 0 Å². The van der Waals surface area contributed by atoms with Gasteiger partial charge in [-0.3, -0.25) is 0 Å². The first-order chi connectivity index (χ1) is 13.9. The van der Waals surface area contributed by atoms with Crippen molar-refractivity contribution < 1.29 is 36.2 Å². The molecule has 0 amide bonds. The minimum Gasteiger partial charge on any atom is -0.507 e. The van der Waals surface area contributed by atoms with E-state index in [1.807, 2.05) is 22.6 Å². The third-order valence-corrected chi connectivity index (χ3v) is 5.71. The van der Waals surface area contributed by atoms with Gasteiger partial charge in [0.2, 0.25) is 0 Å². The van der Waals surface area contributed by atoms with Crippen LogP contribution >= 0.6 is 22.6 Å². The van der Waals surface area contributed by atoms with Gasteiger partial charge in [0.25, 0.3) is 0 Å². The van der Waals surface area contributed by atoms with E-state index in [1.165, 1.54) is 6.07 Å². The SMILES string of the molecule is Oc1ccc([C@H]2NCCC[C@H]2OCc2cc(C(F)(F)F)cc(C(F)(F)F)c2)cc1[125I]. The Morgan fingerprint density at radius 1 is 1.00 bits per heavy atom. The van der Waals surface area contributed by atoms with Gasteiger partial charge < -0.3 is 15.2 Å². The van der Waals surface area contributed by atoms with E-state index < -0.39 is 29.6 Å². The summed E-state index contributed by atoms with van der Waals surface area (Å²) in [7, 11) is 0. The molecule has 3 nitrogen and oxygen atoms in total. The molecule has 0 bridgehead atoms. The van der Waals surface area contributed by atoms with E-state index in [-0.39, 0.29) is 30.0 Å². The number of halogens is 7. The van der Waals surface area contributed by atoms with Crippen molar-refractivity contribution in [3.05, 3.63) is 62.2 Å². The number of hydrogen-bond acceptors (Lipinski definition) is 3. The van der Waals surface area contributed by atoms with Crippen molar-refractivity contribution in [1.82, 2.24) is 5.32 Å². The van der Waals surface area contributed by atoms with Gasteiger partial charge in [-0.05, 0) is 83.4 Å². The fourth-order valence-corrected chi connectivity index (χ4v) is 3.93. The van der Waals surface area contributed by atoms with Crippen molar-refractivity contribution in [2.75, 3.05) is 6.54 Å². The van der Waals surface area contributed by atoms with Crippen molar-refractivity contribution in [2.45, 2.75) is 43.9 Å². The predicted molar refractivity (Wildman–Crippen MR) is 106 cm³/mol. The molecule has 0 aliphatic carbocycles. The van der Waals surface area contributed by atoms with Crippen molar-refractivity contribution >= 4 is 22.6 Å². The molecular weight excluding hydrogens is 525 g/mol. The molecule has 3 rings (SSSR count). The van der Waals surface area contributed by atoms with Gasteiger partial charge in [0.15, 0.2) is 0 Å². The summed E-state index contributed by atoms with van der Waals surface area (Å²) in [5.41, 5.74) is -2.09. The molecule has 0 aromatic heterocycles. The Balaban J connectivity index is 1.82. The molecule has 1 saturated heterocycles. The average Bonchev–Trinajstić information content (AvgIpc) is 2.67. The lowest BCUT2D eigenvalue weighted by atomic mass is 9.94. The number of benzene rings is 2. The van der Waals surface area contributed by atoms with Crippen LogP contribution in [0.15, 0.2) is 36.4 Å². The molecule has 30 heavy (non-hydrogen) atoms. The molecule has 2 aromatic rings. The number of aromatic hydroxyl groups is 1. The molecule has 1 fully saturated rings. The van der Waals surface area contributed by atoms with Crippen LogP contribution < -0.4 is 5.32 Å². The van der Waals surface area contributed by atoms with E-state index in [0.717, 1.165) is 12.0 Å². The van der Waals surface area contributed by atoms with Crippen LogP contribution in [0, 0.1) is 3.57 Å². The van der Waals surface area contributed by atoms with Gasteiger partial charge in [-0.2, -0.15) is 26.3 Å². The Morgan fingerprint density at radius 3 is 2.20 bits per heavy atom. The predicted octanol–water partition coefficient (Wildman–Crippen LogP) is 6.04. The summed E-state index contributed by atoms with van der Waals surface area (Å²) in [6.45, 7) is 0.314. The minimum atomic E-state index is -4.90. The number of piperidine rings is 1. The second-order valence-corrected chi connectivity index (χ2v) is 8.21. The zero-order valence-electron chi connectivity index (χ0n) is 15.4. The highest BCUT2D eigenvalue weighted by molar-refractivity contribution is 14.1. The topological polar surface area (TPSA) is 41.5 Å². The first-order valence-corrected chi connectivity index (χ1v) is 10.1. The van der Waals surface area contributed by atoms with Crippen molar-refractivity contribution in [2.24, 2.45) is 0 Å². The first-order valence-electron chi connectivity index (χ1n) is 9.07. The summed E-state index contributed by atoms with van der Waals surface area (Å²) in [4.78, 5) is 0. The van der Waals surface area contributed by atoms with Gasteiger partial charge >= 0.3 is 12.4 Å². The molecule has 2 atom stereocenters. The highest BCUT2D eigenvalue weighted by atomic mass is 125. The molecule has 2 aromatic carbocycles. The van der Waals surface area contributed by atoms with Gasteiger partial charge in [-0.1, -0.05) is 6.07 Å². The Hall–Kier alpha value is -1.53. The normalized spacial score (nSPS) is 20.4. The number of phenolic OH excluding ortho intramolecular Hbond substituents is 1. The van der Waals surface area contributed by atoms with Gasteiger partial charge in [0.05, 0.1) is 33.4 Å². The highest BCUT2D eigenvalue weighted by Crippen LogP contribution is 2.37. The van der Waals surface area contributed by atoms with E-state index in [0.29, 0.717) is 28.7 Å². The number of nitrogens with one attached hydrogen (secondary N) is 1. The summed E-state index contributed by atoms with van der Waals surface area (Å²) in [5, 5.41) is 13.0. The lowest BCUT2D eigenvalue weighted by Crippen LogP contribution is -2.39. The maximum Gasteiger partial charge on any atom is 0.416 e. The molecule has 0 spiro atoms. The van der Waals surface area contributed by atoms with E-state index in [4.69, 9.17) is 4.74 Å². The standard InChI is InChI=1S/C20H18F6INO2/c21-19(22,23)13-6-11(7-14(9-13)20(24,25)26)10-30-17-2-1-5-28-18(17)12-3-4-16(29)15(27)8-12/h3-4,6-9,17-18,28-29H,1-2,5,10H2/t17-,18-/m1/s1/i27-2. The third kappa shape index (κ3) is 5.58. The molecule has 1 heterocycles. The maximum atomic E-state index is 13.0. The highest BCUT2D eigenvalue weighted by Gasteiger charge is 2.37. The first kappa shape index (κ1) is 23.1. The van der Waals surface area contributed by atoms with Crippen LogP contribution in [0.5, 0.6) is 5.75 Å². The Morgan fingerprint density at radius 2 is 1.63 bits per heavy atom. The molecule has 1 aliphatic heterocycles. The van der Waals surface area contributed by atoms with Crippen molar-refractivity contribution in [3.63, 3.8) is 0 Å².